The number of methoxy groups -OCH3 is 4. The SMILES string of the molecule is COc1ccc(-c2c([PH+](c3c(C)cccc3C)c3c(C)cccc3C)cc(OC)nc2OC)c(OC)n1.F[B-](F)(F)F.[CH2-][C@@H](C)c1ccccn1.[CH3-].[Cl][Ru+3]. The Hall–Kier alpha value is -3.78. The second kappa shape index (κ2) is 23.2. The van der Waals surface area contributed by atoms with E-state index in [1.54, 1.807) is 34.6 Å². The van der Waals surface area contributed by atoms with Gasteiger partial charge in [-0.2, -0.15) is 9.97 Å². The Balaban J connectivity index is 0.000000717. The van der Waals surface area contributed by atoms with Gasteiger partial charge in [-0.25, -0.2) is 0 Å². The predicted octanol–water partition coefficient (Wildman–Crippen LogP) is 9.36. The zero-order valence-electron chi connectivity index (χ0n) is 32.1. The first-order chi connectivity index (χ1) is 25.1. The quantitative estimate of drug-likeness (QED) is 0.0633. The Bertz CT molecular complexity index is 1810. The van der Waals surface area contributed by atoms with Crippen molar-refractivity contribution in [3.63, 3.8) is 0 Å². The van der Waals surface area contributed by atoms with Crippen molar-refractivity contribution in [3.8, 4) is 34.6 Å². The summed E-state index contributed by atoms with van der Waals surface area (Å²) in [5.41, 5.74) is 7.67. The molecule has 7 nitrogen and oxygen atoms in total. The fraction of sp³-hybridized carbons (Fsp3) is 0.256. The Kier molecular flexibility index (Phi) is 20.7. The summed E-state index contributed by atoms with van der Waals surface area (Å²) in [6, 6.07) is 24.7. The molecule has 54 heavy (non-hydrogen) atoms. The number of halogens is 5. The summed E-state index contributed by atoms with van der Waals surface area (Å²) in [5, 5.41) is 3.76. The minimum atomic E-state index is -6.00. The van der Waals surface area contributed by atoms with Crippen LogP contribution < -0.4 is 34.9 Å². The van der Waals surface area contributed by atoms with Crippen molar-refractivity contribution in [2.24, 2.45) is 0 Å². The van der Waals surface area contributed by atoms with Gasteiger partial charge in [-0.3, -0.25) is 4.98 Å². The van der Waals surface area contributed by atoms with Gasteiger partial charge in [-0.1, -0.05) is 49.4 Å². The average molecular weight is 876 g/mol. The summed E-state index contributed by atoms with van der Waals surface area (Å²) in [6.07, 6.45) is 1.79. The van der Waals surface area contributed by atoms with Crippen molar-refractivity contribution in [2.75, 3.05) is 28.4 Å². The maximum atomic E-state index is 9.75. The molecule has 0 saturated heterocycles. The summed E-state index contributed by atoms with van der Waals surface area (Å²) >= 11 is 1.82. The van der Waals surface area contributed by atoms with Crippen LogP contribution in [0.5, 0.6) is 23.5 Å². The molecule has 15 heteroatoms. The molecular weight excluding hydrogens is 829 g/mol. The molecule has 0 N–H and O–H groups in total. The molecule has 0 radical (unpaired) electrons. The van der Waals surface area contributed by atoms with Gasteiger partial charge in [0.05, 0.1) is 39.6 Å². The van der Waals surface area contributed by atoms with Crippen LogP contribution in [0.25, 0.3) is 11.1 Å². The molecule has 0 aliphatic heterocycles. The molecule has 2 aromatic carbocycles. The molecule has 0 bridgehead atoms. The van der Waals surface area contributed by atoms with Crippen LogP contribution in [0.2, 0.25) is 0 Å². The molecule has 0 aliphatic carbocycles. The summed E-state index contributed by atoms with van der Waals surface area (Å²) in [7, 11) is 3.43. The van der Waals surface area contributed by atoms with Gasteiger partial charge < -0.3 is 50.6 Å². The first-order valence-electron chi connectivity index (χ1n) is 16.1. The van der Waals surface area contributed by atoms with Gasteiger partial charge in [-0.15, -0.1) is 5.92 Å². The predicted molar refractivity (Wildman–Crippen MR) is 213 cm³/mol. The molecule has 3 heterocycles. The van der Waals surface area contributed by atoms with E-state index < -0.39 is 15.2 Å². The summed E-state index contributed by atoms with van der Waals surface area (Å²) in [5.74, 6) is 2.16. The van der Waals surface area contributed by atoms with Crippen LogP contribution in [0.1, 0.15) is 40.8 Å². The first kappa shape index (κ1) is 48.2. The van der Waals surface area contributed by atoms with Crippen LogP contribution in [0.15, 0.2) is 79.0 Å². The monoisotopic (exact) mass is 876 g/mol. The van der Waals surface area contributed by atoms with Gasteiger partial charge in [0.25, 0.3) is 0 Å². The van der Waals surface area contributed by atoms with Crippen LogP contribution in [0.4, 0.5) is 17.3 Å². The van der Waals surface area contributed by atoms with E-state index in [2.05, 4.69) is 95.7 Å². The third-order valence-corrected chi connectivity index (χ3v) is 11.3. The number of aryl methyl sites for hydroxylation is 4. The molecule has 0 unspecified atom stereocenters. The molecule has 3 aromatic heterocycles. The number of hydrogen-bond donors (Lipinski definition) is 0. The second-order valence-electron chi connectivity index (χ2n) is 11.6. The van der Waals surface area contributed by atoms with Crippen LogP contribution in [0.3, 0.4) is 0 Å². The van der Waals surface area contributed by atoms with E-state index in [0.717, 1.165) is 22.1 Å². The van der Waals surface area contributed by atoms with Gasteiger partial charge in [0.15, 0.2) is 0 Å². The Morgan fingerprint density at radius 1 is 0.685 bits per heavy atom. The van der Waals surface area contributed by atoms with Gasteiger partial charge >= 0.3 is 34.3 Å². The molecule has 0 amide bonds. The molecule has 0 saturated carbocycles. The molecule has 5 rings (SSSR count). The van der Waals surface area contributed by atoms with Crippen molar-refractivity contribution < 1.29 is 53.5 Å². The number of nitrogens with zero attached hydrogens (tertiary/aromatic N) is 3. The molecular formula is C39H47BClF4N3O4PRu+. The first-order valence-corrected chi connectivity index (χ1v) is 19.9. The molecule has 292 valence electrons. The topological polar surface area (TPSA) is 75.6 Å². The van der Waals surface area contributed by atoms with Crippen molar-refractivity contribution in [2.45, 2.75) is 40.5 Å². The summed E-state index contributed by atoms with van der Waals surface area (Å²) < 4.78 is 61.7. The van der Waals surface area contributed by atoms with Crippen molar-refractivity contribution >= 4 is 40.8 Å². The zero-order valence-corrected chi connectivity index (χ0v) is 35.6. The second-order valence-corrected chi connectivity index (χ2v) is 13.9. The number of hydrogen-bond acceptors (Lipinski definition) is 7. The maximum absolute atomic E-state index is 9.75. The van der Waals surface area contributed by atoms with Crippen LogP contribution in [0, 0.1) is 42.0 Å². The number of pyridine rings is 3. The summed E-state index contributed by atoms with van der Waals surface area (Å²) in [6.45, 7) is 14.6. The number of aromatic nitrogens is 3. The molecule has 0 spiro atoms. The third kappa shape index (κ3) is 13.5. The third-order valence-electron chi connectivity index (χ3n) is 7.80. The van der Waals surface area contributed by atoms with Gasteiger partial charge in [0.1, 0.15) is 23.8 Å². The van der Waals surface area contributed by atoms with Gasteiger partial charge in [-0.05, 0) is 68.1 Å². The van der Waals surface area contributed by atoms with Crippen LogP contribution >= 0.6 is 17.6 Å². The molecule has 1 atom stereocenters. The van der Waals surface area contributed by atoms with Crippen molar-refractivity contribution in [1.82, 2.24) is 15.0 Å². The fourth-order valence-electron chi connectivity index (χ4n) is 5.57. The molecule has 0 fully saturated rings. The molecule has 5 aromatic rings. The summed E-state index contributed by atoms with van der Waals surface area (Å²) in [4.78, 5) is 13.4. The van der Waals surface area contributed by atoms with E-state index in [4.69, 9.17) is 18.9 Å². The van der Waals surface area contributed by atoms with Crippen LogP contribution in [-0.2, 0) is 17.3 Å². The van der Waals surface area contributed by atoms with E-state index in [0.29, 0.717) is 29.4 Å². The van der Waals surface area contributed by atoms with Crippen LogP contribution in [-0.4, -0.2) is 50.6 Å². The number of benzene rings is 2. The van der Waals surface area contributed by atoms with E-state index in [9.17, 15) is 17.3 Å². The minimum absolute atomic E-state index is 0. The van der Waals surface area contributed by atoms with E-state index >= 15 is 0 Å². The van der Waals surface area contributed by atoms with E-state index in [1.807, 2.05) is 60.6 Å². The standard InChI is InChI=1S/C30H33N2O4P.C8H10N.CH3.BF4.ClH.Ru/c1-18-11-9-12-19(2)27(18)37(28-20(3)13-10-14-21(28)4)23-17-25(34-6)32-30(36-8)26(23)22-15-16-24(33-5)31-29(22)35-7;1-7(2)8-5-3-4-6-9-8;;2-1(3,4)5;;/h9-17H,1-8H3;3-7H,1H2,2H3;1H3;;1H;/q;3*-1;;+4/t;7-;;;;/m.0..../s1. The normalized spacial score (nSPS) is 10.9. The Morgan fingerprint density at radius 2 is 1.15 bits per heavy atom. The number of rotatable bonds is 9. The fourth-order valence-corrected chi connectivity index (χ4v) is 9.03. The van der Waals surface area contributed by atoms with E-state index in [-0.39, 0.29) is 7.43 Å². The molecule has 0 aliphatic rings. The average Bonchev–Trinajstić information content (AvgIpc) is 3.14. The zero-order chi connectivity index (χ0) is 39.9. The van der Waals surface area contributed by atoms with E-state index in [1.165, 1.54) is 32.9 Å². The van der Waals surface area contributed by atoms with Gasteiger partial charge in [0, 0.05) is 24.0 Å². The van der Waals surface area contributed by atoms with Gasteiger partial charge in [0.2, 0.25) is 23.5 Å². The van der Waals surface area contributed by atoms with Crippen molar-refractivity contribution in [1.29, 1.82) is 0 Å². The number of ether oxygens (including phenoxy) is 4. The Morgan fingerprint density at radius 3 is 1.52 bits per heavy atom. The Labute approximate surface area is 332 Å². The van der Waals surface area contributed by atoms with Crippen molar-refractivity contribution in [3.05, 3.63) is 121 Å².